The lowest BCUT2D eigenvalue weighted by Gasteiger charge is -2.19. The zero-order valence-corrected chi connectivity index (χ0v) is 17.2. The molecule has 0 aliphatic carbocycles. The molecule has 28 heavy (non-hydrogen) atoms. The predicted octanol–water partition coefficient (Wildman–Crippen LogP) is 6.90. The highest BCUT2D eigenvalue weighted by Crippen LogP contribution is 2.40. The van der Waals surface area contributed by atoms with E-state index in [0.717, 1.165) is 38.9 Å². The lowest BCUT2D eigenvalue weighted by atomic mass is 9.86. The fraction of sp³-hybridized carbons (Fsp3) is 0.217. The van der Waals surface area contributed by atoms with Gasteiger partial charge < -0.3 is 5.73 Å². The van der Waals surface area contributed by atoms with E-state index >= 15 is 0 Å². The normalized spacial score (nSPS) is 11.1. The molecule has 3 aromatic carbocycles. The number of nitro benzene ring substituents is 1. The first-order valence-electron chi connectivity index (χ1n) is 9.14. The minimum absolute atomic E-state index is 0.108. The lowest BCUT2D eigenvalue weighted by molar-refractivity contribution is -0.384. The van der Waals surface area contributed by atoms with Crippen LogP contribution >= 0.6 is 11.6 Å². The van der Waals surface area contributed by atoms with Gasteiger partial charge in [0.25, 0.3) is 5.69 Å². The Kier molecular flexibility index (Phi) is 5.43. The van der Waals surface area contributed by atoms with Crippen LogP contribution in [0.3, 0.4) is 0 Å². The Hall–Kier alpha value is -2.85. The molecule has 0 saturated heterocycles. The second-order valence-electron chi connectivity index (χ2n) is 7.40. The van der Waals surface area contributed by atoms with Crippen molar-refractivity contribution in [3.05, 3.63) is 80.4 Å². The van der Waals surface area contributed by atoms with Gasteiger partial charge >= 0.3 is 0 Å². The molecule has 0 saturated carbocycles. The Labute approximate surface area is 170 Å². The molecule has 0 bridgehead atoms. The number of non-ortho nitro benzene ring substituents is 1. The standard InChI is InChI=1S/C23H23ClN2O2/c1-13(2)19-12-17(26(27)28)6-7-18(19)20-9-14(3)10-21(15(20)4)22-11-16(24)5-8-23(22)25/h5-13H,25H2,1-4H3. The van der Waals surface area contributed by atoms with Crippen molar-refractivity contribution in [2.45, 2.75) is 33.6 Å². The SMILES string of the molecule is Cc1cc(-c2cc(Cl)ccc2N)c(C)c(-c2ccc([N+](=O)[O-])cc2C(C)C)c1. The molecule has 0 unspecified atom stereocenters. The van der Waals surface area contributed by atoms with Gasteiger partial charge in [-0.25, -0.2) is 0 Å². The number of hydrogen-bond donors (Lipinski definition) is 1. The fourth-order valence-electron chi connectivity index (χ4n) is 3.57. The summed E-state index contributed by atoms with van der Waals surface area (Å²) in [4.78, 5) is 10.9. The van der Waals surface area contributed by atoms with Gasteiger partial charge in [-0.2, -0.15) is 0 Å². The molecule has 0 spiro atoms. The van der Waals surface area contributed by atoms with Gasteiger partial charge in [-0.15, -0.1) is 0 Å². The number of halogens is 1. The molecule has 144 valence electrons. The molecule has 5 heteroatoms. The minimum atomic E-state index is -0.350. The molecule has 3 aromatic rings. The Balaban J connectivity index is 2.29. The summed E-state index contributed by atoms with van der Waals surface area (Å²) in [5.41, 5.74) is 14.1. The molecule has 0 heterocycles. The number of aryl methyl sites for hydroxylation is 1. The molecule has 0 aliphatic rings. The summed E-state index contributed by atoms with van der Waals surface area (Å²) in [5.74, 6) is 0.148. The average Bonchev–Trinajstić information content (AvgIpc) is 2.64. The van der Waals surface area contributed by atoms with Crippen molar-refractivity contribution in [2.24, 2.45) is 0 Å². The van der Waals surface area contributed by atoms with Gasteiger partial charge in [-0.3, -0.25) is 10.1 Å². The number of hydrogen-bond acceptors (Lipinski definition) is 3. The third-order valence-electron chi connectivity index (χ3n) is 5.02. The topological polar surface area (TPSA) is 69.2 Å². The van der Waals surface area contributed by atoms with E-state index in [0.29, 0.717) is 10.7 Å². The molecule has 0 aromatic heterocycles. The van der Waals surface area contributed by atoms with E-state index in [1.807, 2.05) is 39.0 Å². The molecule has 0 radical (unpaired) electrons. The smallest absolute Gasteiger partial charge is 0.269 e. The quantitative estimate of drug-likeness (QED) is 0.297. The Morgan fingerprint density at radius 3 is 2.18 bits per heavy atom. The van der Waals surface area contributed by atoms with Crippen LogP contribution in [0.5, 0.6) is 0 Å². The van der Waals surface area contributed by atoms with Crippen molar-refractivity contribution in [3.63, 3.8) is 0 Å². The minimum Gasteiger partial charge on any atom is -0.398 e. The highest BCUT2D eigenvalue weighted by Gasteiger charge is 2.18. The third-order valence-corrected chi connectivity index (χ3v) is 5.25. The predicted molar refractivity (Wildman–Crippen MR) is 117 cm³/mol. The first-order valence-corrected chi connectivity index (χ1v) is 9.52. The van der Waals surface area contributed by atoms with E-state index in [-0.39, 0.29) is 16.5 Å². The second kappa shape index (κ2) is 7.64. The summed E-state index contributed by atoms with van der Waals surface area (Å²) in [5, 5.41) is 11.9. The van der Waals surface area contributed by atoms with Crippen LogP contribution < -0.4 is 5.73 Å². The molecule has 4 nitrogen and oxygen atoms in total. The largest absolute Gasteiger partial charge is 0.398 e. The second-order valence-corrected chi connectivity index (χ2v) is 7.84. The van der Waals surface area contributed by atoms with Crippen molar-refractivity contribution >= 4 is 23.0 Å². The van der Waals surface area contributed by atoms with Gasteiger partial charge in [-0.05, 0) is 77.4 Å². The van der Waals surface area contributed by atoms with E-state index in [1.54, 1.807) is 18.2 Å². The summed E-state index contributed by atoms with van der Waals surface area (Å²) in [6.07, 6.45) is 0. The van der Waals surface area contributed by atoms with Gasteiger partial charge in [-0.1, -0.05) is 37.6 Å². The van der Waals surface area contributed by atoms with E-state index in [2.05, 4.69) is 19.1 Å². The lowest BCUT2D eigenvalue weighted by Crippen LogP contribution is -1.99. The van der Waals surface area contributed by atoms with Crippen LogP contribution in [0.1, 0.15) is 36.5 Å². The van der Waals surface area contributed by atoms with E-state index in [4.69, 9.17) is 17.3 Å². The van der Waals surface area contributed by atoms with Gasteiger partial charge in [0.2, 0.25) is 0 Å². The van der Waals surface area contributed by atoms with Crippen LogP contribution in [0, 0.1) is 24.0 Å². The van der Waals surface area contributed by atoms with Crippen molar-refractivity contribution in [3.8, 4) is 22.3 Å². The molecule has 0 amide bonds. The monoisotopic (exact) mass is 394 g/mol. The Morgan fingerprint density at radius 2 is 1.57 bits per heavy atom. The summed E-state index contributed by atoms with van der Waals surface area (Å²) in [7, 11) is 0. The van der Waals surface area contributed by atoms with Crippen LogP contribution in [-0.4, -0.2) is 4.92 Å². The number of rotatable bonds is 4. The number of nitrogens with two attached hydrogens (primary N) is 1. The van der Waals surface area contributed by atoms with Crippen LogP contribution in [0.15, 0.2) is 48.5 Å². The maximum atomic E-state index is 11.2. The van der Waals surface area contributed by atoms with Gasteiger partial charge in [0.1, 0.15) is 0 Å². The van der Waals surface area contributed by atoms with Crippen LogP contribution in [0.2, 0.25) is 5.02 Å². The Bertz CT molecular complexity index is 1070. The molecule has 0 aliphatic heterocycles. The number of anilines is 1. The molecule has 0 atom stereocenters. The maximum Gasteiger partial charge on any atom is 0.269 e. The number of nitrogen functional groups attached to an aromatic ring is 1. The fourth-order valence-corrected chi connectivity index (χ4v) is 3.74. The highest BCUT2D eigenvalue weighted by molar-refractivity contribution is 6.31. The van der Waals surface area contributed by atoms with Gasteiger partial charge in [0, 0.05) is 28.4 Å². The van der Waals surface area contributed by atoms with Crippen LogP contribution in [-0.2, 0) is 0 Å². The molecule has 3 rings (SSSR count). The molecular formula is C23H23ClN2O2. The number of benzene rings is 3. The first-order chi connectivity index (χ1) is 13.2. The zero-order valence-electron chi connectivity index (χ0n) is 16.4. The zero-order chi connectivity index (χ0) is 20.6. The molecular weight excluding hydrogens is 372 g/mol. The third kappa shape index (κ3) is 3.73. The van der Waals surface area contributed by atoms with Crippen molar-refractivity contribution in [2.75, 3.05) is 5.73 Å². The average molecular weight is 395 g/mol. The van der Waals surface area contributed by atoms with Gasteiger partial charge in [0.05, 0.1) is 4.92 Å². The number of nitrogens with zero attached hydrogens (tertiary/aromatic N) is 1. The summed E-state index contributed by atoms with van der Waals surface area (Å²) in [6, 6.07) is 14.8. The van der Waals surface area contributed by atoms with E-state index in [9.17, 15) is 10.1 Å². The van der Waals surface area contributed by atoms with Crippen molar-refractivity contribution in [1.82, 2.24) is 0 Å². The van der Waals surface area contributed by atoms with Crippen LogP contribution in [0.25, 0.3) is 22.3 Å². The summed E-state index contributed by atoms with van der Waals surface area (Å²) < 4.78 is 0. The van der Waals surface area contributed by atoms with Gasteiger partial charge in [0.15, 0.2) is 0 Å². The van der Waals surface area contributed by atoms with Crippen LogP contribution in [0.4, 0.5) is 11.4 Å². The highest BCUT2D eigenvalue weighted by atomic mass is 35.5. The van der Waals surface area contributed by atoms with E-state index in [1.165, 1.54) is 0 Å². The summed E-state index contributed by atoms with van der Waals surface area (Å²) in [6.45, 7) is 8.18. The molecule has 0 fully saturated rings. The maximum absolute atomic E-state index is 11.2. The summed E-state index contributed by atoms with van der Waals surface area (Å²) >= 11 is 6.21. The van der Waals surface area contributed by atoms with Crippen molar-refractivity contribution < 1.29 is 4.92 Å². The molecule has 2 N–H and O–H groups in total. The van der Waals surface area contributed by atoms with E-state index < -0.39 is 0 Å². The van der Waals surface area contributed by atoms with Crippen molar-refractivity contribution in [1.29, 1.82) is 0 Å². The first kappa shape index (κ1) is 19.9. The Morgan fingerprint density at radius 1 is 0.929 bits per heavy atom. The number of nitro groups is 1.